The van der Waals surface area contributed by atoms with E-state index in [1.165, 1.54) is 0 Å². The van der Waals surface area contributed by atoms with Crippen LogP contribution in [0.1, 0.15) is 0 Å². The number of hydrogen-bond acceptors (Lipinski definition) is 6. The number of hydrogen-bond donors (Lipinski definition) is 5. The molecule has 0 aliphatic carbocycles. The minimum absolute atomic E-state index is 0.0189. The first kappa shape index (κ1) is 13.3. The Morgan fingerprint density at radius 1 is 1.16 bits per heavy atom. The summed E-state index contributed by atoms with van der Waals surface area (Å²) in [6.45, 7) is 0.669. The van der Waals surface area contributed by atoms with Crippen molar-refractivity contribution in [2.45, 2.75) is 0 Å². The number of fused-ring (bicyclic) bond motifs is 1. The Bertz CT molecular complexity index is 611. The number of nitrogens with one attached hydrogen (secondary N) is 3. The molecule has 0 aliphatic heterocycles. The molecule has 102 valence electrons. The standard InChI is InChI=1S/C12H16N4O3/c17-6-4-13-9-3-1-2-8-10(9)12(19)16-15-11(8)14-5-7-18/h1-3,13,17-18H,4-7H2,(H,14,15)(H,16,19). The van der Waals surface area contributed by atoms with Crippen LogP contribution in [0.15, 0.2) is 23.0 Å². The van der Waals surface area contributed by atoms with Gasteiger partial charge in [-0.1, -0.05) is 12.1 Å². The predicted octanol–water partition coefficient (Wildman–Crippen LogP) is -0.269. The molecule has 7 heteroatoms. The fourth-order valence-corrected chi connectivity index (χ4v) is 1.86. The summed E-state index contributed by atoms with van der Waals surface area (Å²) in [5, 5.41) is 31.1. The summed E-state index contributed by atoms with van der Waals surface area (Å²) in [7, 11) is 0. The van der Waals surface area contributed by atoms with Crippen LogP contribution in [0.3, 0.4) is 0 Å². The average molecular weight is 264 g/mol. The number of aliphatic hydroxyl groups is 2. The van der Waals surface area contributed by atoms with Crippen LogP contribution in [-0.4, -0.2) is 46.7 Å². The minimum atomic E-state index is -0.300. The van der Waals surface area contributed by atoms with Gasteiger partial charge in [-0.15, -0.1) is 0 Å². The van der Waals surface area contributed by atoms with E-state index < -0.39 is 0 Å². The van der Waals surface area contributed by atoms with E-state index in [0.29, 0.717) is 35.4 Å². The maximum atomic E-state index is 11.9. The molecule has 1 aromatic heterocycles. The monoisotopic (exact) mass is 264 g/mol. The molecule has 0 saturated carbocycles. The fourth-order valence-electron chi connectivity index (χ4n) is 1.86. The second-order valence-corrected chi connectivity index (χ2v) is 3.93. The molecule has 0 aliphatic rings. The summed E-state index contributed by atoms with van der Waals surface area (Å²) < 4.78 is 0. The van der Waals surface area contributed by atoms with Crippen molar-refractivity contribution in [1.29, 1.82) is 0 Å². The van der Waals surface area contributed by atoms with Crippen LogP contribution < -0.4 is 16.2 Å². The molecule has 19 heavy (non-hydrogen) atoms. The van der Waals surface area contributed by atoms with E-state index in [4.69, 9.17) is 10.2 Å². The summed E-state index contributed by atoms with van der Waals surface area (Å²) in [6.07, 6.45) is 0. The lowest BCUT2D eigenvalue weighted by atomic mass is 10.1. The predicted molar refractivity (Wildman–Crippen MR) is 73.5 cm³/mol. The molecule has 7 nitrogen and oxygen atoms in total. The quantitative estimate of drug-likeness (QED) is 0.491. The molecule has 0 amide bonds. The SMILES string of the molecule is O=c1[nH]nc(NCCO)c2cccc(NCCO)c12. The summed E-state index contributed by atoms with van der Waals surface area (Å²) in [5.41, 5.74) is 0.341. The van der Waals surface area contributed by atoms with Crippen LogP contribution in [-0.2, 0) is 0 Å². The van der Waals surface area contributed by atoms with Crippen molar-refractivity contribution in [2.24, 2.45) is 0 Å². The molecule has 1 aromatic carbocycles. The van der Waals surface area contributed by atoms with Gasteiger partial charge >= 0.3 is 0 Å². The maximum Gasteiger partial charge on any atom is 0.274 e. The molecule has 5 N–H and O–H groups in total. The Balaban J connectivity index is 2.51. The Morgan fingerprint density at radius 2 is 1.89 bits per heavy atom. The van der Waals surface area contributed by atoms with Gasteiger partial charge in [0.2, 0.25) is 0 Å². The van der Waals surface area contributed by atoms with E-state index in [9.17, 15) is 4.79 Å². The molecule has 2 rings (SSSR count). The lowest BCUT2D eigenvalue weighted by Crippen LogP contribution is -2.16. The van der Waals surface area contributed by atoms with Gasteiger partial charge in [0.25, 0.3) is 5.56 Å². The molecule has 2 aromatic rings. The largest absolute Gasteiger partial charge is 0.395 e. The second kappa shape index (κ2) is 6.17. The highest BCUT2D eigenvalue weighted by Crippen LogP contribution is 2.23. The number of benzene rings is 1. The third-order valence-electron chi connectivity index (χ3n) is 2.65. The van der Waals surface area contributed by atoms with Crippen molar-refractivity contribution >= 4 is 22.3 Å². The minimum Gasteiger partial charge on any atom is -0.395 e. The molecule has 0 atom stereocenters. The number of aromatic amines is 1. The molecule has 0 unspecified atom stereocenters. The molecule has 0 radical (unpaired) electrons. The zero-order valence-corrected chi connectivity index (χ0v) is 10.3. The molecular weight excluding hydrogens is 248 g/mol. The van der Waals surface area contributed by atoms with Crippen LogP contribution in [0.2, 0.25) is 0 Å². The third-order valence-corrected chi connectivity index (χ3v) is 2.65. The van der Waals surface area contributed by atoms with Crippen molar-refractivity contribution in [1.82, 2.24) is 10.2 Å². The summed E-state index contributed by atoms with van der Waals surface area (Å²) in [4.78, 5) is 11.9. The summed E-state index contributed by atoms with van der Waals surface area (Å²) in [5.74, 6) is 0.510. The highest BCUT2D eigenvalue weighted by atomic mass is 16.3. The van der Waals surface area contributed by atoms with Crippen molar-refractivity contribution in [2.75, 3.05) is 36.9 Å². The van der Waals surface area contributed by atoms with Crippen molar-refractivity contribution in [3.8, 4) is 0 Å². The Hall–Kier alpha value is -2.12. The van der Waals surface area contributed by atoms with E-state index in [1.807, 2.05) is 0 Å². The highest BCUT2D eigenvalue weighted by Gasteiger charge is 2.09. The number of H-pyrrole nitrogens is 1. The average Bonchev–Trinajstić information content (AvgIpc) is 2.44. The summed E-state index contributed by atoms with van der Waals surface area (Å²) in [6, 6.07) is 5.34. The molecular formula is C12H16N4O3. The second-order valence-electron chi connectivity index (χ2n) is 3.93. The maximum absolute atomic E-state index is 11.9. The van der Waals surface area contributed by atoms with Gasteiger partial charge in [0.15, 0.2) is 5.82 Å². The van der Waals surface area contributed by atoms with Crippen LogP contribution in [0, 0.1) is 0 Å². The van der Waals surface area contributed by atoms with E-state index >= 15 is 0 Å². The van der Waals surface area contributed by atoms with Gasteiger partial charge in [0.1, 0.15) is 0 Å². The first-order valence-electron chi connectivity index (χ1n) is 5.98. The van der Waals surface area contributed by atoms with Crippen molar-refractivity contribution in [3.05, 3.63) is 28.6 Å². The molecule has 0 saturated heterocycles. The number of nitrogens with zero attached hydrogens (tertiary/aromatic N) is 1. The molecule has 0 spiro atoms. The summed E-state index contributed by atoms with van der Waals surface area (Å²) >= 11 is 0. The van der Waals surface area contributed by atoms with Gasteiger partial charge in [0, 0.05) is 24.2 Å². The zero-order valence-electron chi connectivity index (χ0n) is 10.3. The van der Waals surface area contributed by atoms with Gasteiger partial charge in [0.05, 0.1) is 18.6 Å². The zero-order chi connectivity index (χ0) is 13.7. The van der Waals surface area contributed by atoms with E-state index in [1.54, 1.807) is 18.2 Å². The number of anilines is 2. The Labute approximate surface area is 109 Å². The van der Waals surface area contributed by atoms with Crippen molar-refractivity contribution in [3.63, 3.8) is 0 Å². The topological polar surface area (TPSA) is 110 Å². The van der Waals surface area contributed by atoms with Crippen LogP contribution in [0.25, 0.3) is 10.8 Å². The number of aromatic nitrogens is 2. The Morgan fingerprint density at radius 3 is 2.63 bits per heavy atom. The number of rotatable bonds is 6. The first-order chi connectivity index (χ1) is 9.27. The number of aliphatic hydroxyl groups excluding tert-OH is 2. The lowest BCUT2D eigenvalue weighted by molar-refractivity contribution is 0.310. The van der Waals surface area contributed by atoms with Gasteiger partial charge in [-0.25, -0.2) is 5.10 Å². The third kappa shape index (κ3) is 2.83. The van der Waals surface area contributed by atoms with E-state index in [0.717, 1.165) is 0 Å². The lowest BCUT2D eigenvalue weighted by Gasteiger charge is -2.10. The van der Waals surface area contributed by atoms with Crippen molar-refractivity contribution < 1.29 is 10.2 Å². The highest BCUT2D eigenvalue weighted by molar-refractivity contribution is 5.99. The fraction of sp³-hybridized carbons (Fsp3) is 0.333. The van der Waals surface area contributed by atoms with Crippen LogP contribution in [0.4, 0.5) is 11.5 Å². The first-order valence-corrected chi connectivity index (χ1v) is 5.98. The smallest absolute Gasteiger partial charge is 0.274 e. The van der Waals surface area contributed by atoms with Crippen LogP contribution in [0.5, 0.6) is 0 Å². The van der Waals surface area contributed by atoms with Gasteiger partial charge < -0.3 is 20.8 Å². The molecule has 0 bridgehead atoms. The molecule has 1 heterocycles. The van der Waals surface area contributed by atoms with Gasteiger partial charge in [-0.3, -0.25) is 4.79 Å². The normalized spacial score (nSPS) is 10.6. The van der Waals surface area contributed by atoms with Crippen LogP contribution >= 0.6 is 0 Å². The molecule has 0 fully saturated rings. The van der Waals surface area contributed by atoms with Gasteiger partial charge in [-0.2, -0.15) is 5.10 Å². The Kier molecular flexibility index (Phi) is 4.32. The van der Waals surface area contributed by atoms with Gasteiger partial charge in [-0.05, 0) is 6.07 Å². The van der Waals surface area contributed by atoms with E-state index in [-0.39, 0.29) is 18.8 Å². The van der Waals surface area contributed by atoms with E-state index in [2.05, 4.69) is 20.8 Å².